The third kappa shape index (κ3) is 3.61. The summed E-state index contributed by atoms with van der Waals surface area (Å²) >= 11 is 0. The lowest BCUT2D eigenvalue weighted by molar-refractivity contribution is -0.0335. The molecule has 0 aliphatic heterocycles. The third-order valence-electron chi connectivity index (χ3n) is 6.38. The van der Waals surface area contributed by atoms with Crippen LogP contribution in [0.25, 0.3) is 38.9 Å². The average molecular weight is 458 g/mol. The van der Waals surface area contributed by atoms with Gasteiger partial charge < -0.3 is 10.8 Å². The molecule has 1 saturated carbocycles. The fourth-order valence-electron chi connectivity index (χ4n) is 4.79. The summed E-state index contributed by atoms with van der Waals surface area (Å²) in [5, 5.41) is 11.3. The number of nitrogens with two attached hydrogens (primary N) is 1. The molecule has 0 saturated heterocycles. The fourth-order valence-corrected chi connectivity index (χ4v) is 4.79. The van der Waals surface area contributed by atoms with Gasteiger partial charge in [0.1, 0.15) is 22.9 Å². The molecule has 0 amide bonds. The van der Waals surface area contributed by atoms with E-state index in [0.717, 1.165) is 44.8 Å². The van der Waals surface area contributed by atoms with Gasteiger partial charge in [-0.05, 0) is 31.9 Å². The van der Waals surface area contributed by atoms with Gasteiger partial charge >= 0.3 is 0 Å². The number of aliphatic hydroxyl groups is 1. The third-order valence-corrected chi connectivity index (χ3v) is 6.38. The molecule has 0 atom stereocenters. The monoisotopic (exact) mass is 457 g/mol. The Labute approximate surface area is 197 Å². The second-order valence-electron chi connectivity index (χ2n) is 8.92. The summed E-state index contributed by atoms with van der Waals surface area (Å²) in [5.41, 5.74) is 11.1. The molecule has 6 nitrogen and oxygen atoms in total. The first kappa shape index (κ1) is 21.4. The van der Waals surface area contributed by atoms with E-state index in [0.29, 0.717) is 18.7 Å². The predicted octanol–water partition coefficient (Wildman–Crippen LogP) is 5.24. The number of nitrogen functional groups attached to an aromatic ring is 1. The van der Waals surface area contributed by atoms with Crippen LogP contribution in [0, 0.1) is 0 Å². The molecule has 0 radical (unpaired) electrons. The maximum absolute atomic E-state index is 10.3. The Balaban J connectivity index is 0.00000228. The van der Waals surface area contributed by atoms with Crippen LogP contribution in [0.4, 0.5) is 5.82 Å². The van der Waals surface area contributed by atoms with E-state index in [9.17, 15) is 5.11 Å². The first-order valence-electron chi connectivity index (χ1n) is 10.8. The molecule has 166 valence electrons. The molecule has 1 aliphatic rings. The van der Waals surface area contributed by atoms with E-state index in [1.54, 1.807) is 6.20 Å². The highest BCUT2D eigenvalue weighted by molar-refractivity contribution is 5.91. The summed E-state index contributed by atoms with van der Waals surface area (Å²) in [6, 6.07) is 20.5. The number of benzene rings is 2. The van der Waals surface area contributed by atoms with Crippen molar-refractivity contribution in [2.24, 2.45) is 0 Å². The van der Waals surface area contributed by atoms with Gasteiger partial charge in [0.2, 0.25) is 0 Å². The van der Waals surface area contributed by atoms with Crippen LogP contribution in [-0.2, 0) is 0 Å². The number of halogens is 1. The number of hydrogen-bond donors (Lipinski definition) is 2. The molecule has 0 bridgehead atoms. The Morgan fingerprint density at radius 1 is 1.00 bits per heavy atom. The number of nitrogens with zero attached hydrogens (tertiary/aromatic N) is 4. The van der Waals surface area contributed by atoms with Crippen LogP contribution in [-0.4, -0.2) is 30.1 Å². The van der Waals surface area contributed by atoms with Crippen molar-refractivity contribution >= 4 is 34.6 Å². The summed E-state index contributed by atoms with van der Waals surface area (Å²) < 4.78 is 2.02. The molecule has 0 spiro atoms. The molecule has 3 heterocycles. The molecule has 6 rings (SSSR count). The van der Waals surface area contributed by atoms with Crippen LogP contribution in [0.5, 0.6) is 0 Å². The van der Waals surface area contributed by atoms with Crippen molar-refractivity contribution in [3.8, 4) is 22.5 Å². The van der Waals surface area contributed by atoms with Crippen molar-refractivity contribution < 1.29 is 5.11 Å². The van der Waals surface area contributed by atoms with E-state index in [1.807, 2.05) is 41.8 Å². The molecule has 2 aromatic carbocycles. The summed E-state index contributed by atoms with van der Waals surface area (Å²) in [6.45, 7) is 1.87. The van der Waals surface area contributed by atoms with Crippen molar-refractivity contribution in [3.63, 3.8) is 0 Å². The molecule has 7 heteroatoms. The molecule has 3 N–H and O–H groups in total. The lowest BCUT2D eigenvalue weighted by atomic mass is 9.72. The normalized spacial score (nSPS) is 19.9. The number of aromatic nitrogens is 4. The second kappa shape index (κ2) is 7.83. The Morgan fingerprint density at radius 3 is 2.52 bits per heavy atom. The lowest BCUT2D eigenvalue weighted by Gasteiger charge is -2.40. The summed E-state index contributed by atoms with van der Waals surface area (Å²) in [7, 11) is 0. The van der Waals surface area contributed by atoms with Crippen molar-refractivity contribution in [3.05, 3.63) is 78.9 Å². The number of rotatable bonds is 3. The van der Waals surface area contributed by atoms with Crippen molar-refractivity contribution in [1.29, 1.82) is 0 Å². The van der Waals surface area contributed by atoms with E-state index in [4.69, 9.17) is 15.7 Å². The van der Waals surface area contributed by atoms with Gasteiger partial charge in [0.15, 0.2) is 0 Å². The maximum atomic E-state index is 10.3. The van der Waals surface area contributed by atoms with Crippen LogP contribution in [0.3, 0.4) is 0 Å². The van der Waals surface area contributed by atoms with Crippen LogP contribution < -0.4 is 5.73 Å². The van der Waals surface area contributed by atoms with E-state index in [-0.39, 0.29) is 18.3 Å². The van der Waals surface area contributed by atoms with E-state index >= 15 is 0 Å². The number of fused-ring (bicyclic) bond motifs is 2. The van der Waals surface area contributed by atoms with Crippen LogP contribution in [0.2, 0.25) is 0 Å². The van der Waals surface area contributed by atoms with Gasteiger partial charge in [0.05, 0.1) is 16.8 Å². The predicted molar refractivity (Wildman–Crippen MR) is 133 cm³/mol. The second-order valence-corrected chi connectivity index (χ2v) is 8.92. The van der Waals surface area contributed by atoms with Crippen LogP contribution in [0.1, 0.15) is 31.5 Å². The summed E-state index contributed by atoms with van der Waals surface area (Å²) in [5.74, 6) is 1.55. The molecule has 3 aromatic heterocycles. The largest absolute Gasteiger partial charge is 0.390 e. The fraction of sp³-hybridized carbons (Fsp3) is 0.192. The topological polar surface area (TPSA) is 89.3 Å². The van der Waals surface area contributed by atoms with E-state index in [2.05, 4.69) is 41.4 Å². The number of pyridine rings is 1. The lowest BCUT2D eigenvalue weighted by Crippen LogP contribution is -2.40. The number of hydrogen-bond acceptors (Lipinski definition) is 5. The Hall–Kier alpha value is -3.48. The van der Waals surface area contributed by atoms with Gasteiger partial charge in [0.25, 0.3) is 0 Å². The quantitative estimate of drug-likeness (QED) is 0.386. The molecular weight excluding hydrogens is 434 g/mol. The molecule has 5 aromatic rings. The average Bonchev–Trinajstić information content (AvgIpc) is 3.18. The summed E-state index contributed by atoms with van der Waals surface area (Å²) in [6.07, 6.45) is 4.97. The summed E-state index contributed by atoms with van der Waals surface area (Å²) in [4.78, 5) is 14.2. The van der Waals surface area contributed by atoms with E-state index in [1.165, 1.54) is 0 Å². The van der Waals surface area contributed by atoms with Crippen LogP contribution >= 0.6 is 12.4 Å². The maximum Gasteiger partial charge on any atom is 0.150 e. The SMILES string of the molecule is C[C@]1(O)C[C@H](c2nc(-c3ccc4ccc(-c5ccccc5)nc4c3)c3c(N)nccn32)C1.Cl. The minimum Gasteiger partial charge on any atom is -0.390 e. The highest BCUT2D eigenvalue weighted by atomic mass is 35.5. The highest BCUT2D eigenvalue weighted by Crippen LogP contribution is 2.45. The van der Waals surface area contributed by atoms with Gasteiger partial charge in [-0.1, -0.05) is 48.5 Å². The first-order valence-corrected chi connectivity index (χ1v) is 10.8. The molecule has 1 aliphatic carbocycles. The minimum absolute atomic E-state index is 0. The zero-order chi connectivity index (χ0) is 21.9. The Bertz CT molecular complexity index is 1470. The van der Waals surface area contributed by atoms with Crippen LogP contribution in [0.15, 0.2) is 73.1 Å². The van der Waals surface area contributed by atoms with Crippen molar-refractivity contribution in [2.75, 3.05) is 5.73 Å². The van der Waals surface area contributed by atoms with Gasteiger partial charge in [-0.15, -0.1) is 12.4 Å². The Kier molecular flexibility index (Phi) is 5.07. The van der Waals surface area contributed by atoms with Gasteiger partial charge in [0, 0.05) is 34.8 Å². The standard InChI is InChI=1S/C26H23N5O.ClH/c1-26(32)14-19(15-26)25-30-22(23-24(27)28-11-12-31(23)25)18-8-7-17-9-10-20(29-21(17)13-18)16-5-3-2-4-6-16;/h2-13,19,32H,14-15H2,1H3,(H2,27,28);1H/t19-,26-;. The van der Waals surface area contributed by atoms with Gasteiger partial charge in [-0.25, -0.2) is 15.0 Å². The smallest absolute Gasteiger partial charge is 0.150 e. The zero-order valence-corrected chi connectivity index (χ0v) is 19.0. The minimum atomic E-state index is -0.629. The van der Waals surface area contributed by atoms with E-state index < -0.39 is 5.60 Å². The molecule has 33 heavy (non-hydrogen) atoms. The van der Waals surface area contributed by atoms with Gasteiger partial charge in [-0.3, -0.25) is 4.40 Å². The molecular formula is C26H24ClN5O. The van der Waals surface area contributed by atoms with Gasteiger partial charge in [-0.2, -0.15) is 0 Å². The molecule has 0 unspecified atom stereocenters. The first-order chi connectivity index (χ1) is 15.5. The highest BCUT2D eigenvalue weighted by Gasteiger charge is 2.41. The van der Waals surface area contributed by atoms with Crippen molar-refractivity contribution in [1.82, 2.24) is 19.4 Å². The number of imidazole rings is 1. The molecule has 1 fully saturated rings. The zero-order valence-electron chi connectivity index (χ0n) is 18.1. The van der Waals surface area contributed by atoms with Crippen molar-refractivity contribution in [2.45, 2.75) is 31.3 Å². The number of anilines is 1. The Morgan fingerprint density at radius 2 is 1.76 bits per heavy atom.